The lowest BCUT2D eigenvalue weighted by atomic mass is 10.2. The van der Waals surface area contributed by atoms with Gasteiger partial charge in [0.05, 0.1) is 6.26 Å². The molecule has 1 aromatic rings. The van der Waals surface area contributed by atoms with E-state index in [9.17, 15) is 21.6 Å². The summed E-state index contributed by atoms with van der Waals surface area (Å²) in [6.45, 7) is 0.210. The Morgan fingerprint density at radius 2 is 1.77 bits per heavy atom. The highest BCUT2D eigenvalue weighted by atomic mass is 32.2. The number of sulfonamides is 1. The maximum atomic E-state index is 12.0. The number of rotatable bonds is 9. The molecular weight excluding hydrogens is 321 g/mol. The molecule has 22 heavy (non-hydrogen) atoms. The molecule has 0 aliphatic rings. The Balaban J connectivity index is 2.22. The smallest absolute Gasteiger partial charge is 0.422 e. The Labute approximate surface area is 127 Å². The molecule has 0 saturated heterocycles. The minimum absolute atomic E-state index is 0.165. The van der Waals surface area contributed by atoms with Gasteiger partial charge in [0.15, 0.2) is 6.61 Å². The first kappa shape index (κ1) is 18.7. The third-order valence-electron chi connectivity index (χ3n) is 2.55. The van der Waals surface area contributed by atoms with Crippen LogP contribution >= 0.6 is 0 Å². The highest BCUT2D eigenvalue weighted by molar-refractivity contribution is 7.88. The van der Waals surface area contributed by atoms with Crippen molar-refractivity contribution in [2.45, 2.75) is 19.1 Å². The summed E-state index contributed by atoms with van der Waals surface area (Å²) in [4.78, 5) is 0. The largest absolute Gasteiger partial charge is 0.484 e. The first-order valence-corrected chi connectivity index (χ1v) is 8.49. The highest BCUT2D eigenvalue weighted by Crippen LogP contribution is 2.18. The van der Waals surface area contributed by atoms with Crippen molar-refractivity contribution in [3.8, 4) is 5.75 Å². The zero-order valence-corrected chi connectivity index (χ0v) is 12.9. The van der Waals surface area contributed by atoms with Gasteiger partial charge in [0, 0.05) is 13.1 Å². The predicted octanol–water partition coefficient (Wildman–Crippen LogP) is 1.66. The fourth-order valence-corrected chi connectivity index (χ4v) is 2.09. The molecule has 1 rings (SSSR count). The van der Waals surface area contributed by atoms with Gasteiger partial charge in [-0.25, -0.2) is 13.1 Å². The van der Waals surface area contributed by atoms with Crippen LogP contribution in [0.2, 0.25) is 0 Å². The van der Waals surface area contributed by atoms with E-state index < -0.39 is 22.8 Å². The second kappa shape index (κ2) is 8.35. The molecule has 0 saturated carbocycles. The molecule has 0 unspecified atom stereocenters. The first-order chi connectivity index (χ1) is 10.2. The van der Waals surface area contributed by atoms with Gasteiger partial charge in [-0.2, -0.15) is 13.2 Å². The minimum Gasteiger partial charge on any atom is -0.484 e. The summed E-state index contributed by atoms with van der Waals surface area (Å²) in [5, 5.41) is 3.11. The van der Waals surface area contributed by atoms with Crippen LogP contribution < -0.4 is 14.8 Å². The maximum Gasteiger partial charge on any atom is 0.422 e. The maximum absolute atomic E-state index is 12.0. The summed E-state index contributed by atoms with van der Waals surface area (Å²) < 4.78 is 64.6. The quantitative estimate of drug-likeness (QED) is 0.671. The van der Waals surface area contributed by atoms with Crippen molar-refractivity contribution >= 4 is 10.0 Å². The average Bonchev–Trinajstić information content (AvgIpc) is 2.39. The van der Waals surface area contributed by atoms with Crippen LogP contribution in [0.1, 0.15) is 12.0 Å². The third-order valence-corrected chi connectivity index (χ3v) is 3.28. The van der Waals surface area contributed by atoms with Gasteiger partial charge in [-0.15, -0.1) is 0 Å². The first-order valence-electron chi connectivity index (χ1n) is 6.59. The Bertz CT molecular complexity index is 545. The number of alkyl halides is 3. The van der Waals surface area contributed by atoms with Gasteiger partial charge in [0.25, 0.3) is 0 Å². The van der Waals surface area contributed by atoms with Gasteiger partial charge >= 0.3 is 6.18 Å². The highest BCUT2D eigenvalue weighted by Gasteiger charge is 2.28. The lowest BCUT2D eigenvalue weighted by Gasteiger charge is -2.10. The number of hydrogen-bond acceptors (Lipinski definition) is 4. The fourth-order valence-electron chi connectivity index (χ4n) is 1.57. The van der Waals surface area contributed by atoms with Crippen LogP contribution in [0.15, 0.2) is 24.3 Å². The number of benzene rings is 1. The number of ether oxygens (including phenoxy) is 1. The van der Waals surface area contributed by atoms with E-state index >= 15 is 0 Å². The standard InChI is InChI=1S/C13H19F3N2O3S/c1-22(19,20)18-8-2-7-17-9-11-3-5-12(6-4-11)21-10-13(14,15)16/h3-6,17-18H,2,7-10H2,1H3. The summed E-state index contributed by atoms with van der Waals surface area (Å²) in [5.74, 6) is 0.165. The molecular formula is C13H19F3N2O3S. The van der Waals surface area contributed by atoms with Gasteiger partial charge < -0.3 is 10.1 Å². The Morgan fingerprint density at radius 3 is 2.32 bits per heavy atom. The molecule has 9 heteroatoms. The second-order valence-corrected chi connectivity index (χ2v) is 6.58. The topological polar surface area (TPSA) is 67.4 Å². The lowest BCUT2D eigenvalue weighted by Crippen LogP contribution is -2.26. The van der Waals surface area contributed by atoms with Crippen molar-refractivity contribution in [1.29, 1.82) is 0 Å². The van der Waals surface area contributed by atoms with Gasteiger partial charge in [-0.05, 0) is 30.7 Å². The van der Waals surface area contributed by atoms with Crippen molar-refractivity contribution in [3.63, 3.8) is 0 Å². The molecule has 0 fully saturated rings. The van der Waals surface area contributed by atoms with Gasteiger partial charge in [-0.3, -0.25) is 0 Å². The predicted molar refractivity (Wildman–Crippen MR) is 77.2 cm³/mol. The van der Waals surface area contributed by atoms with Crippen LogP contribution in [0.25, 0.3) is 0 Å². The number of nitrogens with one attached hydrogen (secondary N) is 2. The summed E-state index contributed by atoms with van der Waals surface area (Å²) in [7, 11) is -3.16. The van der Waals surface area contributed by atoms with E-state index in [1.807, 2.05) is 0 Å². The lowest BCUT2D eigenvalue weighted by molar-refractivity contribution is -0.153. The molecule has 0 aliphatic heterocycles. The average molecular weight is 340 g/mol. The van der Waals surface area contributed by atoms with Crippen LogP contribution in [0.5, 0.6) is 5.75 Å². The summed E-state index contributed by atoms with van der Waals surface area (Å²) >= 11 is 0. The monoisotopic (exact) mass is 340 g/mol. The molecule has 0 bridgehead atoms. The van der Waals surface area contributed by atoms with E-state index in [0.29, 0.717) is 26.1 Å². The fraction of sp³-hybridized carbons (Fsp3) is 0.538. The normalized spacial score (nSPS) is 12.4. The van der Waals surface area contributed by atoms with Crippen LogP contribution in [-0.2, 0) is 16.6 Å². The zero-order valence-electron chi connectivity index (χ0n) is 12.1. The molecule has 5 nitrogen and oxygen atoms in total. The SMILES string of the molecule is CS(=O)(=O)NCCCNCc1ccc(OCC(F)(F)F)cc1. The summed E-state index contributed by atoms with van der Waals surface area (Å²) in [5.41, 5.74) is 0.899. The Hall–Kier alpha value is -1.32. The molecule has 1 aromatic carbocycles. The minimum atomic E-state index is -4.35. The van der Waals surface area contributed by atoms with Crippen LogP contribution in [0.4, 0.5) is 13.2 Å². The zero-order chi connectivity index (χ0) is 16.6. The van der Waals surface area contributed by atoms with Gasteiger partial charge in [-0.1, -0.05) is 12.1 Å². The van der Waals surface area contributed by atoms with E-state index in [-0.39, 0.29) is 5.75 Å². The van der Waals surface area contributed by atoms with E-state index in [2.05, 4.69) is 14.8 Å². The molecule has 126 valence electrons. The van der Waals surface area contributed by atoms with Gasteiger partial charge in [0.1, 0.15) is 5.75 Å². The number of hydrogen-bond donors (Lipinski definition) is 2. The summed E-state index contributed by atoms with van der Waals surface area (Å²) in [6, 6.07) is 6.31. The van der Waals surface area contributed by atoms with Crippen LogP contribution in [0, 0.1) is 0 Å². The van der Waals surface area contributed by atoms with Gasteiger partial charge in [0.2, 0.25) is 10.0 Å². The van der Waals surface area contributed by atoms with Crippen LogP contribution in [-0.4, -0.2) is 40.5 Å². The van der Waals surface area contributed by atoms with Crippen molar-refractivity contribution in [3.05, 3.63) is 29.8 Å². The van der Waals surface area contributed by atoms with Crippen LogP contribution in [0.3, 0.4) is 0 Å². The van der Waals surface area contributed by atoms with Crippen molar-refractivity contribution in [1.82, 2.24) is 10.0 Å². The Morgan fingerprint density at radius 1 is 1.14 bits per heavy atom. The molecule has 0 aliphatic carbocycles. The molecule has 0 radical (unpaired) electrons. The second-order valence-electron chi connectivity index (χ2n) is 4.74. The molecule has 2 N–H and O–H groups in total. The molecule has 0 atom stereocenters. The third kappa shape index (κ3) is 9.59. The molecule has 0 amide bonds. The van der Waals surface area contributed by atoms with E-state index in [1.165, 1.54) is 12.1 Å². The summed E-state index contributed by atoms with van der Waals surface area (Å²) in [6.07, 6.45) is -2.61. The van der Waals surface area contributed by atoms with E-state index in [0.717, 1.165) is 11.8 Å². The van der Waals surface area contributed by atoms with Crippen molar-refractivity contribution in [2.24, 2.45) is 0 Å². The van der Waals surface area contributed by atoms with E-state index in [4.69, 9.17) is 0 Å². The molecule has 0 aromatic heterocycles. The Kier molecular flexibility index (Phi) is 7.11. The van der Waals surface area contributed by atoms with E-state index in [1.54, 1.807) is 12.1 Å². The van der Waals surface area contributed by atoms with Crippen molar-refractivity contribution < 1.29 is 26.3 Å². The number of halogens is 3. The van der Waals surface area contributed by atoms with Crippen molar-refractivity contribution in [2.75, 3.05) is 26.0 Å². The molecule has 0 heterocycles. The molecule has 0 spiro atoms.